The van der Waals surface area contributed by atoms with E-state index in [1.807, 2.05) is 4.90 Å². The number of aromatic amines is 1. The summed E-state index contributed by atoms with van der Waals surface area (Å²) in [5, 5.41) is 14.4. The third-order valence-electron chi connectivity index (χ3n) is 4.04. The Balaban J connectivity index is 1.77. The summed E-state index contributed by atoms with van der Waals surface area (Å²) < 4.78 is 0. The number of aryl methyl sites for hydroxylation is 1. The molecule has 1 fully saturated rings. The number of aromatic nitrogens is 2. The maximum Gasteiger partial charge on any atom is 0.292 e. The number of hydrogen-bond acceptors (Lipinski definition) is 6. The molecule has 8 heteroatoms. The van der Waals surface area contributed by atoms with Crippen LogP contribution in [-0.4, -0.2) is 34.0 Å². The van der Waals surface area contributed by atoms with Gasteiger partial charge in [0.05, 0.1) is 4.92 Å². The van der Waals surface area contributed by atoms with Crippen LogP contribution in [0, 0.1) is 17.0 Å². The quantitative estimate of drug-likeness (QED) is 0.657. The Morgan fingerprint density at radius 1 is 1.42 bits per heavy atom. The van der Waals surface area contributed by atoms with Gasteiger partial charge in [-0.1, -0.05) is 12.1 Å². The SMILES string of the molecule is Cc1cc(=O)[nH]c(N2CCCC(Nc3ccccc3[N+](=O)[O-])C2)n1. The molecule has 126 valence electrons. The molecule has 1 saturated heterocycles. The van der Waals surface area contributed by atoms with Gasteiger partial charge in [-0.05, 0) is 25.8 Å². The van der Waals surface area contributed by atoms with Crippen LogP contribution in [0.25, 0.3) is 0 Å². The fraction of sp³-hybridized carbons (Fsp3) is 0.375. The summed E-state index contributed by atoms with van der Waals surface area (Å²) in [5.41, 5.74) is 1.07. The molecule has 1 aromatic heterocycles. The lowest BCUT2D eigenvalue weighted by molar-refractivity contribution is -0.384. The van der Waals surface area contributed by atoms with Crippen LogP contribution in [0.4, 0.5) is 17.3 Å². The third kappa shape index (κ3) is 3.53. The minimum absolute atomic E-state index is 0.0469. The second-order valence-electron chi connectivity index (χ2n) is 5.91. The van der Waals surface area contributed by atoms with Crippen molar-refractivity contribution in [2.24, 2.45) is 0 Å². The summed E-state index contributed by atoms with van der Waals surface area (Å²) in [6, 6.07) is 8.13. The topological polar surface area (TPSA) is 104 Å². The zero-order valence-corrected chi connectivity index (χ0v) is 13.4. The lowest BCUT2D eigenvalue weighted by atomic mass is 10.1. The molecular formula is C16H19N5O3. The molecule has 1 aromatic carbocycles. The van der Waals surface area contributed by atoms with Crippen molar-refractivity contribution in [1.82, 2.24) is 9.97 Å². The molecule has 8 nitrogen and oxygen atoms in total. The van der Waals surface area contributed by atoms with E-state index in [-0.39, 0.29) is 22.2 Å². The Hall–Kier alpha value is -2.90. The van der Waals surface area contributed by atoms with E-state index in [1.165, 1.54) is 12.1 Å². The molecule has 24 heavy (non-hydrogen) atoms. The van der Waals surface area contributed by atoms with Crippen molar-refractivity contribution < 1.29 is 4.92 Å². The Morgan fingerprint density at radius 3 is 2.96 bits per heavy atom. The van der Waals surface area contributed by atoms with Gasteiger partial charge in [0.1, 0.15) is 5.69 Å². The van der Waals surface area contributed by atoms with Gasteiger partial charge < -0.3 is 10.2 Å². The number of piperidine rings is 1. The maximum absolute atomic E-state index is 11.6. The van der Waals surface area contributed by atoms with Crippen molar-refractivity contribution in [3.05, 3.63) is 56.5 Å². The molecule has 2 N–H and O–H groups in total. The molecule has 0 bridgehead atoms. The Morgan fingerprint density at radius 2 is 2.21 bits per heavy atom. The van der Waals surface area contributed by atoms with Crippen LogP contribution in [0.2, 0.25) is 0 Å². The van der Waals surface area contributed by atoms with Gasteiger partial charge in [-0.15, -0.1) is 0 Å². The van der Waals surface area contributed by atoms with Gasteiger partial charge in [-0.2, -0.15) is 0 Å². The van der Waals surface area contributed by atoms with Crippen molar-refractivity contribution in [2.75, 3.05) is 23.3 Å². The standard InChI is InChI=1S/C16H19N5O3/c1-11-9-15(22)19-16(17-11)20-8-4-5-12(10-20)18-13-6-2-3-7-14(13)21(23)24/h2-3,6-7,9,12,18H,4-5,8,10H2,1H3,(H,17,19,22). The van der Waals surface area contributed by atoms with E-state index in [9.17, 15) is 14.9 Å². The van der Waals surface area contributed by atoms with Crippen LogP contribution >= 0.6 is 0 Å². The van der Waals surface area contributed by atoms with E-state index >= 15 is 0 Å². The second kappa shape index (κ2) is 6.69. The number of hydrogen-bond donors (Lipinski definition) is 2. The molecule has 3 rings (SSSR count). The monoisotopic (exact) mass is 329 g/mol. The van der Waals surface area contributed by atoms with E-state index in [1.54, 1.807) is 25.1 Å². The average Bonchev–Trinajstić information content (AvgIpc) is 2.54. The summed E-state index contributed by atoms with van der Waals surface area (Å²) in [6.45, 7) is 3.20. The molecule has 0 radical (unpaired) electrons. The predicted octanol–water partition coefficient (Wildman–Crippen LogP) is 2.07. The van der Waals surface area contributed by atoms with Crippen LogP contribution in [0.1, 0.15) is 18.5 Å². The van der Waals surface area contributed by atoms with Crippen LogP contribution in [0.15, 0.2) is 35.1 Å². The average molecular weight is 329 g/mol. The first kappa shape index (κ1) is 16.0. The molecule has 0 aliphatic carbocycles. The van der Waals surface area contributed by atoms with E-state index in [0.717, 1.165) is 19.4 Å². The van der Waals surface area contributed by atoms with Crippen LogP contribution in [0.5, 0.6) is 0 Å². The number of nitrogens with zero attached hydrogens (tertiary/aromatic N) is 3. The van der Waals surface area contributed by atoms with Crippen LogP contribution < -0.4 is 15.8 Å². The predicted molar refractivity (Wildman–Crippen MR) is 91.5 cm³/mol. The fourth-order valence-electron chi connectivity index (χ4n) is 2.98. The smallest absolute Gasteiger partial charge is 0.292 e. The molecule has 0 amide bonds. The molecule has 1 unspecified atom stereocenters. The number of nitro groups is 1. The molecule has 1 atom stereocenters. The largest absolute Gasteiger partial charge is 0.375 e. The number of nitrogens with one attached hydrogen (secondary N) is 2. The maximum atomic E-state index is 11.6. The first-order valence-electron chi connectivity index (χ1n) is 7.86. The van der Waals surface area contributed by atoms with Gasteiger partial charge in [0.25, 0.3) is 11.2 Å². The lowest BCUT2D eigenvalue weighted by Gasteiger charge is -2.33. The van der Waals surface area contributed by atoms with Crippen molar-refractivity contribution in [2.45, 2.75) is 25.8 Å². The number of anilines is 2. The van der Waals surface area contributed by atoms with Gasteiger partial charge in [0.15, 0.2) is 0 Å². The summed E-state index contributed by atoms with van der Waals surface area (Å²) in [6.07, 6.45) is 1.81. The van der Waals surface area contributed by atoms with Gasteiger partial charge in [0.2, 0.25) is 5.95 Å². The molecule has 2 heterocycles. The van der Waals surface area contributed by atoms with Gasteiger partial charge in [0, 0.05) is 37.0 Å². The fourth-order valence-corrected chi connectivity index (χ4v) is 2.98. The highest BCUT2D eigenvalue weighted by atomic mass is 16.6. The molecule has 1 aliphatic heterocycles. The number of benzene rings is 1. The van der Waals surface area contributed by atoms with Crippen LogP contribution in [-0.2, 0) is 0 Å². The van der Waals surface area contributed by atoms with E-state index < -0.39 is 0 Å². The lowest BCUT2D eigenvalue weighted by Crippen LogP contribution is -2.43. The van der Waals surface area contributed by atoms with E-state index in [4.69, 9.17) is 0 Å². The third-order valence-corrected chi connectivity index (χ3v) is 4.04. The van der Waals surface area contributed by atoms with Crippen molar-refractivity contribution in [1.29, 1.82) is 0 Å². The number of para-hydroxylation sites is 2. The summed E-state index contributed by atoms with van der Waals surface area (Å²) in [5.74, 6) is 0.550. The van der Waals surface area contributed by atoms with E-state index in [0.29, 0.717) is 23.9 Å². The zero-order chi connectivity index (χ0) is 17.1. The Kier molecular flexibility index (Phi) is 4.45. The van der Waals surface area contributed by atoms with E-state index in [2.05, 4.69) is 15.3 Å². The summed E-state index contributed by atoms with van der Waals surface area (Å²) >= 11 is 0. The highest BCUT2D eigenvalue weighted by Gasteiger charge is 2.23. The summed E-state index contributed by atoms with van der Waals surface area (Å²) in [4.78, 5) is 31.5. The summed E-state index contributed by atoms with van der Waals surface area (Å²) in [7, 11) is 0. The molecule has 0 saturated carbocycles. The van der Waals surface area contributed by atoms with Gasteiger partial charge in [-0.3, -0.25) is 19.9 Å². The van der Waals surface area contributed by atoms with Crippen molar-refractivity contribution in [3.8, 4) is 0 Å². The zero-order valence-electron chi connectivity index (χ0n) is 13.4. The highest BCUT2D eigenvalue weighted by molar-refractivity contribution is 5.61. The first-order valence-corrected chi connectivity index (χ1v) is 7.86. The van der Waals surface area contributed by atoms with Crippen molar-refractivity contribution >= 4 is 17.3 Å². The van der Waals surface area contributed by atoms with Crippen molar-refractivity contribution in [3.63, 3.8) is 0 Å². The number of nitro benzene ring substituents is 1. The molecule has 0 spiro atoms. The Labute approximate surface area is 138 Å². The molecule has 2 aromatic rings. The van der Waals surface area contributed by atoms with Gasteiger partial charge in [-0.25, -0.2) is 4.98 Å². The second-order valence-corrected chi connectivity index (χ2v) is 5.91. The molecule has 1 aliphatic rings. The molecular weight excluding hydrogens is 310 g/mol. The minimum atomic E-state index is -0.386. The minimum Gasteiger partial charge on any atom is -0.375 e. The van der Waals surface area contributed by atoms with Crippen LogP contribution in [0.3, 0.4) is 0 Å². The number of H-pyrrole nitrogens is 1. The normalized spacial score (nSPS) is 17.5. The Bertz CT molecular complexity index is 804. The highest BCUT2D eigenvalue weighted by Crippen LogP contribution is 2.26. The first-order chi connectivity index (χ1) is 11.5. The number of rotatable bonds is 4. The van der Waals surface area contributed by atoms with Gasteiger partial charge >= 0.3 is 0 Å².